The number of rotatable bonds is 10. The predicted molar refractivity (Wildman–Crippen MR) is 173 cm³/mol. The molecule has 4 N–H and O–H groups in total. The summed E-state index contributed by atoms with van der Waals surface area (Å²) >= 11 is 0. The fourth-order valence-electron chi connectivity index (χ4n) is 6.38. The van der Waals surface area contributed by atoms with Gasteiger partial charge in [0.1, 0.15) is 17.3 Å². The van der Waals surface area contributed by atoms with E-state index in [2.05, 4.69) is 45.5 Å². The Morgan fingerprint density at radius 2 is 1.84 bits per heavy atom. The van der Waals surface area contributed by atoms with E-state index in [1.165, 1.54) is 51.9 Å². The number of carbonyl (C=O) groups is 1. The molecule has 230 valence electrons. The van der Waals surface area contributed by atoms with Gasteiger partial charge < -0.3 is 30.7 Å². The van der Waals surface area contributed by atoms with Gasteiger partial charge in [0.25, 0.3) is 5.91 Å². The first-order valence-electron chi connectivity index (χ1n) is 15.5. The summed E-state index contributed by atoms with van der Waals surface area (Å²) in [6.45, 7) is 6.68. The molecule has 1 atom stereocenters. The van der Waals surface area contributed by atoms with Gasteiger partial charge in [-0.1, -0.05) is 30.3 Å². The van der Waals surface area contributed by atoms with Crippen LogP contribution in [0.15, 0.2) is 71.0 Å². The summed E-state index contributed by atoms with van der Waals surface area (Å²) in [6.07, 6.45) is 9.98. The van der Waals surface area contributed by atoms with Gasteiger partial charge in [-0.3, -0.25) is 14.7 Å². The van der Waals surface area contributed by atoms with Crippen LogP contribution < -0.4 is 25.8 Å². The molecule has 3 aliphatic rings. The molecule has 1 saturated heterocycles. The molecule has 5 rings (SSSR count). The van der Waals surface area contributed by atoms with Crippen LogP contribution in [0.25, 0.3) is 5.57 Å². The second-order valence-electron chi connectivity index (χ2n) is 11.9. The summed E-state index contributed by atoms with van der Waals surface area (Å²) in [6, 6.07) is 15.8. The number of para-hydroxylation sites is 1. The van der Waals surface area contributed by atoms with E-state index in [0.29, 0.717) is 35.0 Å². The third kappa shape index (κ3) is 7.97. The molecule has 1 amide bonds. The van der Waals surface area contributed by atoms with Crippen LogP contribution in [-0.4, -0.2) is 81.1 Å². The largest absolute Gasteiger partial charge is 0.495 e. The molecule has 2 aliphatic heterocycles. The standard InChI is InChI=1S/C34H46N6O3/c1-24-33(34(35)37-23-36-24)29(15-11-25-9-13-27(14-10-25)40-19-17-39(2)18-20-40)26-12-16-30(31(21-26)42-3)38-32(41)22-43-28-7-5-4-6-8-28/h4-8,12,15-16,21,23-25,27H,9-11,13-14,17-20,22,35H2,1-3H3,(H,36,37)(H,38,41)/b29-15-. The number of hydrogen-bond donors (Lipinski definition) is 3. The van der Waals surface area contributed by atoms with Crippen molar-refractivity contribution in [3.63, 3.8) is 0 Å². The Morgan fingerprint density at radius 1 is 1.09 bits per heavy atom. The first-order chi connectivity index (χ1) is 20.9. The Morgan fingerprint density at radius 3 is 2.53 bits per heavy atom. The first kappa shape index (κ1) is 30.6. The van der Waals surface area contributed by atoms with E-state index in [4.69, 9.17) is 15.2 Å². The third-order valence-electron chi connectivity index (χ3n) is 8.94. The maximum absolute atomic E-state index is 12.7. The summed E-state index contributed by atoms with van der Waals surface area (Å²) in [5, 5.41) is 6.03. The Labute approximate surface area is 255 Å². The Hall–Kier alpha value is -3.82. The zero-order chi connectivity index (χ0) is 30.2. The topological polar surface area (TPSA) is 104 Å². The maximum Gasteiger partial charge on any atom is 0.262 e. The van der Waals surface area contributed by atoms with E-state index in [9.17, 15) is 4.79 Å². The van der Waals surface area contributed by atoms with Gasteiger partial charge in [-0.15, -0.1) is 0 Å². The Bertz CT molecular complexity index is 1320. The molecule has 0 aromatic heterocycles. The van der Waals surface area contributed by atoms with Crippen LogP contribution in [0, 0.1) is 5.92 Å². The molecule has 0 spiro atoms. The average Bonchev–Trinajstić information content (AvgIpc) is 3.03. The molecule has 1 unspecified atom stereocenters. The highest BCUT2D eigenvalue weighted by atomic mass is 16.5. The van der Waals surface area contributed by atoms with Crippen molar-refractivity contribution in [2.75, 3.05) is 52.3 Å². The zero-order valence-corrected chi connectivity index (χ0v) is 25.7. The van der Waals surface area contributed by atoms with Gasteiger partial charge >= 0.3 is 0 Å². The number of nitrogens with one attached hydrogen (secondary N) is 2. The van der Waals surface area contributed by atoms with Crippen LogP contribution in [0.1, 0.15) is 44.6 Å². The number of nitrogens with two attached hydrogens (primary N) is 1. The molecule has 9 heteroatoms. The number of hydrogen-bond acceptors (Lipinski definition) is 8. The molecule has 43 heavy (non-hydrogen) atoms. The number of ether oxygens (including phenoxy) is 2. The number of allylic oxidation sites excluding steroid dienone is 1. The van der Waals surface area contributed by atoms with Crippen molar-refractivity contribution < 1.29 is 14.3 Å². The SMILES string of the molecule is COc1cc(/C(=C/CC2CCC(N3CCN(C)CC3)CC2)C2=C(N)NC=NC2C)ccc1NC(=O)COc1ccccc1. The fourth-order valence-corrected chi connectivity index (χ4v) is 6.38. The molecule has 2 fully saturated rings. The highest BCUT2D eigenvalue weighted by molar-refractivity contribution is 5.94. The number of likely N-dealkylation sites (N-methyl/N-ethyl adjacent to an activating group) is 1. The van der Waals surface area contributed by atoms with Crippen LogP contribution in [0.4, 0.5) is 5.69 Å². The number of benzene rings is 2. The van der Waals surface area contributed by atoms with E-state index < -0.39 is 0 Å². The van der Waals surface area contributed by atoms with Gasteiger partial charge in [-0.25, -0.2) is 0 Å². The highest BCUT2D eigenvalue weighted by Crippen LogP contribution is 2.37. The van der Waals surface area contributed by atoms with E-state index >= 15 is 0 Å². The first-order valence-corrected chi connectivity index (χ1v) is 15.5. The molecule has 2 aromatic carbocycles. The zero-order valence-electron chi connectivity index (χ0n) is 25.7. The molecule has 9 nitrogen and oxygen atoms in total. The third-order valence-corrected chi connectivity index (χ3v) is 8.94. The lowest BCUT2D eigenvalue weighted by atomic mass is 9.82. The van der Waals surface area contributed by atoms with Crippen molar-refractivity contribution in [1.82, 2.24) is 15.1 Å². The van der Waals surface area contributed by atoms with Crippen LogP contribution in [0.5, 0.6) is 11.5 Å². The van der Waals surface area contributed by atoms with Crippen molar-refractivity contribution >= 4 is 23.5 Å². The monoisotopic (exact) mass is 586 g/mol. The van der Waals surface area contributed by atoms with Crippen molar-refractivity contribution in [3.8, 4) is 11.5 Å². The highest BCUT2D eigenvalue weighted by Gasteiger charge is 2.28. The molecular weight excluding hydrogens is 540 g/mol. The number of nitrogens with zero attached hydrogens (tertiary/aromatic N) is 3. The van der Waals surface area contributed by atoms with Gasteiger partial charge in [0.05, 0.1) is 25.2 Å². The lowest BCUT2D eigenvalue weighted by molar-refractivity contribution is -0.118. The minimum absolute atomic E-state index is 0.0824. The molecular formula is C34H46N6O3. The Balaban J connectivity index is 1.29. The molecule has 2 heterocycles. The normalized spacial score (nSPS) is 23.5. The number of amides is 1. The van der Waals surface area contributed by atoms with Crippen LogP contribution in [-0.2, 0) is 4.79 Å². The number of anilines is 1. The lowest BCUT2D eigenvalue weighted by Crippen LogP contribution is -2.49. The molecule has 0 radical (unpaired) electrons. The summed E-state index contributed by atoms with van der Waals surface area (Å²) in [5.74, 6) is 2.21. The predicted octanol–water partition coefficient (Wildman–Crippen LogP) is 4.48. The van der Waals surface area contributed by atoms with Crippen molar-refractivity contribution in [2.45, 2.75) is 51.1 Å². The van der Waals surface area contributed by atoms with Crippen LogP contribution >= 0.6 is 0 Å². The number of aliphatic imine (C=N–C) groups is 1. The van der Waals surface area contributed by atoms with Crippen molar-refractivity contribution in [3.05, 3.63) is 71.6 Å². The van der Waals surface area contributed by atoms with E-state index in [1.807, 2.05) is 48.5 Å². The summed E-state index contributed by atoms with van der Waals surface area (Å²) in [5.41, 5.74) is 10.1. The van der Waals surface area contributed by atoms with Crippen molar-refractivity contribution in [1.29, 1.82) is 0 Å². The van der Waals surface area contributed by atoms with E-state index in [0.717, 1.165) is 23.1 Å². The summed E-state index contributed by atoms with van der Waals surface area (Å²) in [4.78, 5) is 22.4. The quantitative estimate of drug-likeness (QED) is 0.377. The van der Waals surface area contributed by atoms with E-state index in [-0.39, 0.29) is 18.6 Å². The van der Waals surface area contributed by atoms with Gasteiger partial charge in [-0.2, -0.15) is 0 Å². The smallest absolute Gasteiger partial charge is 0.262 e. The lowest BCUT2D eigenvalue weighted by Gasteiger charge is -2.41. The Kier molecular flexibility index (Phi) is 10.4. The van der Waals surface area contributed by atoms with E-state index in [1.54, 1.807) is 13.4 Å². The number of methoxy groups -OCH3 is 1. The van der Waals surface area contributed by atoms with Gasteiger partial charge in [-0.05, 0) is 87.4 Å². The van der Waals surface area contributed by atoms with Crippen LogP contribution in [0.2, 0.25) is 0 Å². The second kappa shape index (κ2) is 14.6. The summed E-state index contributed by atoms with van der Waals surface area (Å²) < 4.78 is 11.3. The van der Waals surface area contributed by atoms with Crippen LogP contribution in [0.3, 0.4) is 0 Å². The number of piperazine rings is 1. The second-order valence-corrected chi connectivity index (χ2v) is 11.9. The maximum atomic E-state index is 12.7. The average molecular weight is 587 g/mol. The molecule has 1 aliphatic carbocycles. The van der Waals surface area contributed by atoms with Gasteiger partial charge in [0.15, 0.2) is 6.61 Å². The minimum atomic E-state index is -0.260. The van der Waals surface area contributed by atoms with Crippen molar-refractivity contribution in [2.24, 2.45) is 16.6 Å². The molecule has 1 saturated carbocycles. The van der Waals surface area contributed by atoms with Gasteiger partial charge in [0.2, 0.25) is 0 Å². The number of carbonyl (C=O) groups excluding carboxylic acids is 1. The summed E-state index contributed by atoms with van der Waals surface area (Å²) in [7, 11) is 3.83. The molecule has 0 bridgehead atoms. The minimum Gasteiger partial charge on any atom is -0.495 e. The fraction of sp³-hybridized carbons (Fsp3) is 0.471. The molecule has 2 aromatic rings. The van der Waals surface area contributed by atoms with Gasteiger partial charge in [0, 0.05) is 37.8 Å².